The lowest BCUT2D eigenvalue weighted by molar-refractivity contribution is 0.139. The van der Waals surface area contributed by atoms with Crippen LogP contribution >= 0.6 is 0 Å². The summed E-state index contributed by atoms with van der Waals surface area (Å²) in [7, 11) is 0. The molecule has 0 bridgehead atoms. The first-order chi connectivity index (χ1) is 5.18. The van der Waals surface area contributed by atoms with Gasteiger partial charge in [0.25, 0.3) is 0 Å². The summed E-state index contributed by atoms with van der Waals surface area (Å²) < 4.78 is 0. The summed E-state index contributed by atoms with van der Waals surface area (Å²) in [6, 6.07) is 0. The van der Waals surface area contributed by atoms with Crippen LogP contribution in [0, 0.1) is 11.8 Å². The predicted octanol–water partition coefficient (Wildman–Crippen LogP) is 2.58. The molecule has 1 fully saturated rings. The van der Waals surface area contributed by atoms with E-state index in [4.69, 9.17) is 0 Å². The Morgan fingerprint density at radius 3 is 2.27 bits per heavy atom. The molecule has 1 saturated carbocycles. The van der Waals surface area contributed by atoms with Gasteiger partial charge in [0.2, 0.25) is 0 Å². The average Bonchev–Trinajstić information content (AvgIpc) is 1.93. The number of aliphatic hydroxyl groups is 1. The minimum Gasteiger partial charge on any atom is -0.393 e. The molecule has 0 heterocycles. The molecule has 1 rings (SSSR count). The molecule has 11 heavy (non-hydrogen) atoms. The molecule has 0 amide bonds. The minimum absolute atomic E-state index is 0.0894. The van der Waals surface area contributed by atoms with Crippen LogP contribution < -0.4 is 0 Å². The van der Waals surface area contributed by atoms with Crippen LogP contribution in [0.4, 0.5) is 0 Å². The Morgan fingerprint density at radius 2 is 1.82 bits per heavy atom. The number of hydrogen-bond acceptors (Lipinski definition) is 1. The van der Waals surface area contributed by atoms with Gasteiger partial charge in [-0.3, -0.25) is 0 Å². The van der Waals surface area contributed by atoms with E-state index in [1.54, 1.807) is 0 Å². The van der Waals surface area contributed by atoms with Gasteiger partial charge in [-0.25, -0.2) is 0 Å². The van der Waals surface area contributed by atoms with Gasteiger partial charge in [0.1, 0.15) is 0 Å². The van der Waals surface area contributed by atoms with Crippen molar-refractivity contribution in [3.63, 3.8) is 0 Å². The van der Waals surface area contributed by atoms with Crippen molar-refractivity contribution in [2.45, 2.75) is 52.1 Å². The first-order valence-electron chi connectivity index (χ1n) is 4.86. The smallest absolute Gasteiger partial charge is 0.0514 e. The maximum atomic E-state index is 9.17. The Hall–Kier alpha value is -0.0400. The molecule has 0 radical (unpaired) electrons. The van der Waals surface area contributed by atoms with E-state index in [9.17, 15) is 5.11 Å². The van der Waals surface area contributed by atoms with Gasteiger partial charge in [-0.15, -0.1) is 0 Å². The molecular formula is C10H20O. The van der Waals surface area contributed by atoms with E-state index in [2.05, 4.69) is 6.92 Å². The zero-order chi connectivity index (χ0) is 8.27. The van der Waals surface area contributed by atoms with Crippen LogP contribution in [0.1, 0.15) is 46.0 Å². The van der Waals surface area contributed by atoms with Crippen LogP contribution in [-0.4, -0.2) is 11.2 Å². The summed E-state index contributed by atoms with van der Waals surface area (Å²) in [4.78, 5) is 0. The maximum Gasteiger partial charge on any atom is 0.0514 e. The molecule has 1 atom stereocenters. The fraction of sp³-hybridized carbons (Fsp3) is 1.00. The van der Waals surface area contributed by atoms with Crippen molar-refractivity contribution in [2.75, 3.05) is 0 Å². The van der Waals surface area contributed by atoms with E-state index in [0.29, 0.717) is 0 Å². The van der Waals surface area contributed by atoms with Gasteiger partial charge in [-0.05, 0) is 25.2 Å². The molecule has 0 aromatic heterocycles. The number of rotatable bonds is 2. The third-order valence-electron chi connectivity index (χ3n) is 2.81. The SMILES string of the molecule is CC1CCC(C[C@H](C)O)CC1. The van der Waals surface area contributed by atoms with Crippen molar-refractivity contribution in [3.05, 3.63) is 0 Å². The van der Waals surface area contributed by atoms with Crippen LogP contribution in [0.25, 0.3) is 0 Å². The molecule has 1 aliphatic carbocycles. The second-order valence-electron chi connectivity index (χ2n) is 4.21. The standard InChI is InChI=1S/C10H20O/c1-8-3-5-10(6-4-8)7-9(2)11/h8-11H,3-7H2,1-2H3/t8?,9-,10?/m0/s1. The first kappa shape index (κ1) is 9.05. The van der Waals surface area contributed by atoms with Crippen LogP contribution in [0.3, 0.4) is 0 Å². The monoisotopic (exact) mass is 156 g/mol. The van der Waals surface area contributed by atoms with Gasteiger partial charge in [-0.2, -0.15) is 0 Å². The number of hydrogen-bond donors (Lipinski definition) is 1. The van der Waals surface area contributed by atoms with E-state index in [-0.39, 0.29) is 6.10 Å². The van der Waals surface area contributed by atoms with E-state index in [1.165, 1.54) is 25.7 Å². The van der Waals surface area contributed by atoms with Gasteiger partial charge in [0.15, 0.2) is 0 Å². The summed E-state index contributed by atoms with van der Waals surface area (Å²) >= 11 is 0. The quantitative estimate of drug-likeness (QED) is 0.651. The Morgan fingerprint density at radius 1 is 1.27 bits per heavy atom. The van der Waals surface area contributed by atoms with Crippen molar-refractivity contribution in [1.29, 1.82) is 0 Å². The van der Waals surface area contributed by atoms with Gasteiger partial charge in [-0.1, -0.05) is 32.6 Å². The molecule has 1 heteroatoms. The average molecular weight is 156 g/mol. The van der Waals surface area contributed by atoms with Gasteiger partial charge in [0.05, 0.1) is 6.10 Å². The highest BCUT2D eigenvalue weighted by atomic mass is 16.3. The highest BCUT2D eigenvalue weighted by Gasteiger charge is 2.18. The van der Waals surface area contributed by atoms with Crippen molar-refractivity contribution in [3.8, 4) is 0 Å². The lowest BCUT2D eigenvalue weighted by Gasteiger charge is -2.26. The molecular weight excluding hydrogens is 136 g/mol. The molecule has 0 aromatic carbocycles. The third-order valence-corrected chi connectivity index (χ3v) is 2.81. The summed E-state index contributed by atoms with van der Waals surface area (Å²) in [5.41, 5.74) is 0. The molecule has 66 valence electrons. The van der Waals surface area contributed by atoms with E-state index in [1.807, 2.05) is 6.92 Å². The Kier molecular flexibility index (Phi) is 3.38. The van der Waals surface area contributed by atoms with Crippen LogP contribution in [-0.2, 0) is 0 Å². The summed E-state index contributed by atoms with van der Waals surface area (Å²) in [5.74, 6) is 1.74. The Labute approximate surface area is 69.8 Å². The molecule has 0 unspecified atom stereocenters. The highest BCUT2D eigenvalue weighted by molar-refractivity contribution is 4.71. The largest absolute Gasteiger partial charge is 0.393 e. The van der Waals surface area contributed by atoms with Crippen LogP contribution in [0.15, 0.2) is 0 Å². The van der Waals surface area contributed by atoms with Gasteiger partial charge >= 0.3 is 0 Å². The minimum atomic E-state index is -0.0894. The van der Waals surface area contributed by atoms with Gasteiger partial charge < -0.3 is 5.11 Å². The summed E-state index contributed by atoms with van der Waals surface area (Å²) in [5, 5.41) is 9.17. The second-order valence-corrected chi connectivity index (χ2v) is 4.21. The topological polar surface area (TPSA) is 20.2 Å². The fourth-order valence-electron chi connectivity index (χ4n) is 2.05. The molecule has 0 aliphatic heterocycles. The molecule has 1 nitrogen and oxygen atoms in total. The zero-order valence-corrected chi connectivity index (χ0v) is 7.71. The fourth-order valence-corrected chi connectivity index (χ4v) is 2.05. The maximum absolute atomic E-state index is 9.17. The van der Waals surface area contributed by atoms with E-state index in [0.717, 1.165) is 18.3 Å². The summed E-state index contributed by atoms with van der Waals surface area (Å²) in [6.07, 6.45) is 6.35. The normalized spacial score (nSPS) is 35.2. The lowest BCUT2D eigenvalue weighted by Crippen LogP contribution is -2.16. The summed E-state index contributed by atoms with van der Waals surface area (Å²) in [6.45, 7) is 4.23. The van der Waals surface area contributed by atoms with Crippen LogP contribution in [0.5, 0.6) is 0 Å². The van der Waals surface area contributed by atoms with Crippen molar-refractivity contribution in [1.82, 2.24) is 0 Å². The highest BCUT2D eigenvalue weighted by Crippen LogP contribution is 2.30. The zero-order valence-electron chi connectivity index (χ0n) is 7.71. The lowest BCUT2D eigenvalue weighted by atomic mass is 9.80. The predicted molar refractivity (Wildman–Crippen MR) is 47.4 cm³/mol. The second kappa shape index (κ2) is 4.10. The van der Waals surface area contributed by atoms with Crippen molar-refractivity contribution < 1.29 is 5.11 Å². The number of aliphatic hydroxyl groups excluding tert-OH is 1. The molecule has 1 N–H and O–H groups in total. The Bertz CT molecular complexity index is 101. The van der Waals surface area contributed by atoms with Crippen molar-refractivity contribution >= 4 is 0 Å². The molecule has 1 aliphatic rings. The van der Waals surface area contributed by atoms with E-state index < -0.39 is 0 Å². The third kappa shape index (κ3) is 3.24. The molecule has 0 spiro atoms. The first-order valence-corrected chi connectivity index (χ1v) is 4.86. The van der Waals surface area contributed by atoms with Crippen molar-refractivity contribution in [2.24, 2.45) is 11.8 Å². The van der Waals surface area contributed by atoms with E-state index >= 15 is 0 Å². The van der Waals surface area contributed by atoms with Crippen LogP contribution in [0.2, 0.25) is 0 Å². The molecule has 0 saturated heterocycles. The molecule has 0 aromatic rings. The van der Waals surface area contributed by atoms with Gasteiger partial charge in [0, 0.05) is 0 Å². The Balaban J connectivity index is 2.17.